The number of rotatable bonds is 2. The number of benzene rings is 2. The first kappa shape index (κ1) is 15.0. The number of carbonyl (C=O) groups excluding carboxylic acids is 1. The van der Waals surface area contributed by atoms with Crippen molar-refractivity contribution in [1.82, 2.24) is 4.98 Å². The molecule has 1 N–H and O–H groups in total. The van der Waals surface area contributed by atoms with Crippen molar-refractivity contribution in [2.24, 2.45) is 0 Å². The van der Waals surface area contributed by atoms with E-state index in [0.717, 1.165) is 14.7 Å². The minimum Gasteiger partial charge on any atom is -0.422 e. The summed E-state index contributed by atoms with van der Waals surface area (Å²) >= 11 is 4.76. The van der Waals surface area contributed by atoms with Crippen molar-refractivity contribution in [2.75, 3.05) is 5.32 Å². The Morgan fingerprint density at radius 3 is 2.83 bits per heavy atom. The van der Waals surface area contributed by atoms with Gasteiger partial charge in [-0.3, -0.25) is 10.1 Å². The molecule has 24 heavy (non-hydrogen) atoms. The summed E-state index contributed by atoms with van der Waals surface area (Å²) in [7, 11) is 0. The standard InChI is InChI=1S/C17H9BrN2O3S/c18-11-5-3-7-13-14(11)19-17(24-13)20-15(21)10-8-9-4-1-2-6-12(9)23-16(10)22/h1-8H,(H,19,20,21). The van der Waals surface area contributed by atoms with Crippen LogP contribution < -0.4 is 10.9 Å². The quantitative estimate of drug-likeness (QED) is 0.505. The molecule has 2 aromatic heterocycles. The van der Waals surface area contributed by atoms with Crippen molar-refractivity contribution in [2.45, 2.75) is 0 Å². The number of aromatic nitrogens is 1. The number of para-hydroxylation sites is 2. The number of hydrogen-bond donors (Lipinski definition) is 1. The lowest BCUT2D eigenvalue weighted by atomic mass is 10.2. The fourth-order valence-electron chi connectivity index (χ4n) is 2.35. The zero-order chi connectivity index (χ0) is 16.7. The molecule has 118 valence electrons. The molecule has 0 bridgehead atoms. The van der Waals surface area contributed by atoms with Crippen LogP contribution in [0.25, 0.3) is 21.2 Å². The number of anilines is 1. The molecule has 0 fully saturated rings. The minimum atomic E-state index is -0.673. The Hall–Kier alpha value is -2.51. The Bertz CT molecular complexity index is 1150. The van der Waals surface area contributed by atoms with Crippen LogP contribution >= 0.6 is 27.3 Å². The molecule has 0 aliphatic rings. The first-order chi connectivity index (χ1) is 11.6. The average molecular weight is 401 g/mol. The van der Waals surface area contributed by atoms with Gasteiger partial charge in [-0.15, -0.1) is 0 Å². The third-order valence-electron chi connectivity index (χ3n) is 3.48. The highest BCUT2D eigenvalue weighted by molar-refractivity contribution is 9.10. The molecule has 1 amide bonds. The summed E-state index contributed by atoms with van der Waals surface area (Å²) in [6.07, 6.45) is 0. The van der Waals surface area contributed by atoms with Crippen molar-refractivity contribution in [3.63, 3.8) is 0 Å². The number of hydrogen-bond acceptors (Lipinski definition) is 5. The topological polar surface area (TPSA) is 72.2 Å². The molecular weight excluding hydrogens is 392 g/mol. The molecule has 0 radical (unpaired) electrons. The Morgan fingerprint density at radius 2 is 2.00 bits per heavy atom. The van der Waals surface area contributed by atoms with Gasteiger partial charge >= 0.3 is 5.63 Å². The summed E-state index contributed by atoms with van der Waals surface area (Å²) in [5.74, 6) is -0.537. The highest BCUT2D eigenvalue weighted by Gasteiger charge is 2.16. The molecule has 0 saturated carbocycles. The van der Waals surface area contributed by atoms with E-state index in [1.165, 1.54) is 17.4 Å². The second-order valence-electron chi connectivity index (χ2n) is 5.05. The van der Waals surface area contributed by atoms with Crippen molar-refractivity contribution >= 4 is 59.5 Å². The van der Waals surface area contributed by atoms with Crippen LogP contribution in [0.5, 0.6) is 0 Å². The fraction of sp³-hybridized carbons (Fsp3) is 0. The summed E-state index contributed by atoms with van der Waals surface area (Å²) in [5, 5.41) is 3.78. The van der Waals surface area contributed by atoms with E-state index in [4.69, 9.17) is 4.42 Å². The molecule has 5 nitrogen and oxygen atoms in total. The maximum absolute atomic E-state index is 12.4. The molecule has 2 heterocycles. The fourth-order valence-corrected chi connectivity index (χ4v) is 3.83. The average Bonchev–Trinajstić information content (AvgIpc) is 2.98. The number of thiazole rings is 1. The van der Waals surface area contributed by atoms with E-state index < -0.39 is 11.5 Å². The highest BCUT2D eigenvalue weighted by Crippen LogP contribution is 2.31. The first-order valence-corrected chi connectivity index (χ1v) is 8.62. The Morgan fingerprint density at radius 1 is 1.17 bits per heavy atom. The molecule has 7 heteroatoms. The van der Waals surface area contributed by atoms with Crippen LogP contribution in [-0.4, -0.2) is 10.9 Å². The van der Waals surface area contributed by atoms with Gasteiger partial charge in [-0.05, 0) is 40.2 Å². The van der Waals surface area contributed by atoms with Gasteiger partial charge in [-0.25, -0.2) is 9.78 Å². The summed E-state index contributed by atoms with van der Waals surface area (Å²) in [5.41, 5.74) is 0.492. The SMILES string of the molecule is O=C(Nc1nc2c(Br)cccc2s1)c1cc2ccccc2oc1=O. The minimum absolute atomic E-state index is 0.0491. The number of fused-ring (bicyclic) bond motifs is 2. The summed E-state index contributed by atoms with van der Waals surface area (Å²) in [4.78, 5) is 28.8. The van der Waals surface area contributed by atoms with E-state index in [2.05, 4.69) is 26.2 Å². The summed E-state index contributed by atoms with van der Waals surface area (Å²) < 4.78 is 6.97. The number of amides is 1. The second-order valence-corrected chi connectivity index (χ2v) is 6.93. The number of nitrogens with zero attached hydrogens (tertiary/aromatic N) is 1. The van der Waals surface area contributed by atoms with Gasteiger partial charge in [0.2, 0.25) is 0 Å². The summed E-state index contributed by atoms with van der Waals surface area (Å²) in [6.45, 7) is 0. The zero-order valence-electron chi connectivity index (χ0n) is 12.1. The van der Waals surface area contributed by atoms with Crippen LogP contribution in [0, 0.1) is 0 Å². The predicted molar refractivity (Wildman–Crippen MR) is 97.8 cm³/mol. The molecule has 0 aliphatic heterocycles. The zero-order valence-corrected chi connectivity index (χ0v) is 14.5. The van der Waals surface area contributed by atoms with Gasteiger partial charge in [0.25, 0.3) is 5.91 Å². The van der Waals surface area contributed by atoms with E-state index in [-0.39, 0.29) is 5.56 Å². The Kier molecular flexibility index (Phi) is 3.66. The molecule has 4 aromatic rings. The lowest BCUT2D eigenvalue weighted by molar-refractivity contribution is 0.102. The lowest BCUT2D eigenvalue weighted by Crippen LogP contribution is -2.20. The Balaban J connectivity index is 1.71. The van der Waals surface area contributed by atoms with E-state index in [0.29, 0.717) is 16.1 Å². The second kappa shape index (κ2) is 5.85. The molecule has 0 unspecified atom stereocenters. The van der Waals surface area contributed by atoms with Crippen molar-refractivity contribution in [1.29, 1.82) is 0 Å². The van der Waals surface area contributed by atoms with E-state index >= 15 is 0 Å². The van der Waals surface area contributed by atoms with Crippen LogP contribution in [0.3, 0.4) is 0 Å². The van der Waals surface area contributed by atoms with Gasteiger partial charge < -0.3 is 4.42 Å². The third-order valence-corrected chi connectivity index (χ3v) is 5.05. The van der Waals surface area contributed by atoms with Crippen LogP contribution in [0.2, 0.25) is 0 Å². The molecule has 4 rings (SSSR count). The number of halogens is 1. The van der Waals surface area contributed by atoms with Gasteiger partial charge in [0.05, 0.1) is 10.2 Å². The monoisotopic (exact) mass is 400 g/mol. The molecule has 0 aliphatic carbocycles. The molecule has 2 aromatic carbocycles. The van der Waals surface area contributed by atoms with Crippen molar-refractivity contribution < 1.29 is 9.21 Å². The van der Waals surface area contributed by atoms with E-state index in [1.807, 2.05) is 24.3 Å². The van der Waals surface area contributed by atoms with Gasteiger partial charge in [-0.1, -0.05) is 35.6 Å². The van der Waals surface area contributed by atoms with Gasteiger partial charge in [0.15, 0.2) is 5.13 Å². The third kappa shape index (κ3) is 2.61. The van der Waals surface area contributed by atoms with Crippen LogP contribution in [0.1, 0.15) is 10.4 Å². The van der Waals surface area contributed by atoms with Crippen molar-refractivity contribution in [3.8, 4) is 0 Å². The van der Waals surface area contributed by atoms with E-state index in [1.54, 1.807) is 18.2 Å². The smallest absolute Gasteiger partial charge is 0.349 e. The first-order valence-electron chi connectivity index (χ1n) is 7.01. The van der Waals surface area contributed by atoms with Crippen LogP contribution in [-0.2, 0) is 0 Å². The maximum atomic E-state index is 12.4. The van der Waals surface area contributed by atoms with E-state index in [9.17, 15) is 9.59 Å². The predicted octanol–water partition coefficient (Wildman–Crippen LogP) is 4.42. The highest BCUT2D eigenvalue weighted by atomic mass is 79.9. The van der Waals surface area contributed by atoms with Crippen molar-refractivity contribution in [3.05, 3.63) is 69.0 Å². The molecule has 0 saturated heterocycles. The lowest BCUT2D eigenvalue weighted by Gasteiger charge is -2.02. The Labute approximate surface area is 148 Å². The maximum Gasteiger partial charge on any atom is 0.349 e. The number of nitrogens with one attached hydrogen (secondary N) is 1. The van der Waals surface area contributed by atoms with Gasteiger partial charge in [0, 0.05) is 9.86 Å². The molecule has 0 atom stereocenters. The van der Waals surface area contributed by atoms with Gasteiger partial charge in [-0.2, -0.15) is 0 Å². The summed E-state index contributed by atoms with van der Waals surface area (Å²) in [6, 6.07) is 14.3. The van der Waals surface area contributed by atoms with Crippen LogP contribution in [0.4, 0.5) is 5.13 Å². The normalized spacial score (nSPS) is 11.0. The van der Waals surface area contributed by atoms with Crippen LogP contribution in [0.15, 0.2) is 62.2 Å². The number of carbonyl (C=O) groups is 1. The molecular formula is C17H9BrN2O3S. The largest absolute Gasteiger partial charge is 0.422 e. The molecule has 0 spiro atoms. The van der Waals surface area contributed by atoms with Gasteiger partial charge in [0.1, 0.15) is 11.1 Å².